The Bertz CT molecular complexity index is 667. The maximum absolute atomic E-state index is 12.8. The molecular weight excluding hydrogens is 358 g/mol. The van der Waals surface area contributed by atoms with Crippen molar-refractivity contribution in [2.45, 2.75) is 26.3 Å². The molecule has 6 heteroatoms. The summed E-state index contributed by atoms with van der Waals surface area (Å²) in [5.41, 5.74) is 2.31. The normalized spacial score (nSPS) is 20.7. The van der Waals surface area contributed by atoms with Crippen molar-refractivity contribution < 1.29 is 9.59 Å². The van der Waals surface area contributed by atoms with Gasteiger partial charge in [-0.1, -0.05) is 41.9 Å². The SMILES string of the molecule is CC(C)CCN1CC2=C(C1=O)C(c1ccc(Br)cc1)NC(=O)N2. The second-order valence-electron chi connectivity index (χ2n) is 6.38. The van der Waals surface area contributed by atoms with Crippen molar-refractivity contribution in [1.29, 1.82) is 0 Å². The standard InChI is InChI=1S/C17H20BrN3O2/c1-10(2)7-8-21-9-13-14(16(21)22)15(20-17(23)19-13)11-3-5-12(18)6-4-11/h3-6,10,15H,7-9H2,1-2H3,(H2,19,20,23). The number of rotatable bonds is 4. The highest BCUT2D eigenvalue weighted by Gasteiger charge is 2.40. The number of carbonyl (C=O) groups is 2. The van der Waals surface area contributed by atoms with Crippen LogP contribution in [0, 0.1) is 5.92 Å². The molecule has 2 N–H and O–H groups in total. The Balaban J connectivity index is 1.87. The number of nitrogens with one attached hydrogen (secondary N) is 2. The summed E-state index contributed by atoms with van der Waals surface area (Å²) in [5, 5.41) is 5.66. The second-order valence-corrected chi connectivity index (χ2v) is 7.30. The van der Waals surface area contributed by atoms with Crippen molar-refractivity contribution >= 4 is 27.9 Å². The Kier molecular flexibility index (Phi) is 4.43. The largest absolute Gasteiger partial charge is 0.333 e. The molecule has 2 aliphatic heterocycles. The average molecular weight is 378 g/mol. The summed E-state index contributed by atoms with van der Waals surface area (Å²) in [7, 11) is 0. The summed E-state index contributed by atoms with van der Waals surface area (Å²) < 4.78 is 0.965. The third-order valence-corrected chi connectivity index (χ3v) is 4.73. The van der Waals surface area contributed by atoms with E-state index in [9.17, 15) is 9.59 Å². The zero-order chi connectivity index (χ0) is 16.6. The lowest BCUT2D eigenvalue weighted by Gasteiger charge is -2.25. The van der Waals surface area contributed by atoms with Crippen molar-refractivity contribution in [2.24, 2.45) is 5.92 Å². The first-order valence-corrected chi connectivity index (χ1v) is 8.60. The fourth-order valence-electron chi connectivity index (χ4n) is 2.93. The molecule has 122 valence electrons. The van der Waals surface area contributed by atoms with E-state index in [1.807, 2.05) is 29.2 Å². The fraction of sp³-hybridized carbons (Fsp3) is 0.412. The third-order valence-electron chi connectivity index (χ3n) is 4.20. The smallest absolute Gasteiger partial charge is 0.319 e. The Morgan fingerprint density at radius 1 is 1.26 bits per heavy atom. The van der Waals surface area contributed by atoms with Crippen LogP contribution in [0.2, 0.25) is 0 Å². The van der Waals surface area contributed by atoms with E-state index in [-0.39, 0.29) is 18.0 Å². The van der Waals surface area contributed by atoms with Crippen LogP contribution in [0.3, 0.4) is 0 Å². The van der Waals surface area contributed by atoms with E-state index in [1.54, 1.807) is 0 Å². The van der Waals surface area contributed by atoms with Gasteiger partial charge in [0, 0.05) is 11.0 Å². The monoisotopic (exact) mass is 377 g/mol. The van der Waals surface area contributed by atoms with Crippen LogP contribution in [0.5, 0.6) is 0 Å². The highest BCUT2D eigenvalue weighted by Crippen LogP contribution is 2.33. The minimum atomic E-state index is -0.386. The molecule has 3 amide bonds. The molecule has 0 bridgehead atoms. The van der Waals surface area contributed by atoms with Crippen LogP contribution >= 0.6 is 15.9 Å². The first-order valence-electron chi connectivity index (χ1n) is 7.81. The van der Waals surface area contributed by atoms with Gasteiger partial charge >= 0.3 is 6.03 Å². The van der Waals surface area contributed by atoms with Gasteiger partial charge in [0.1, 0.15) is 0 Å². The molecule has 1 aromatic carbocycles. The van der Waals surface area contributed by atoms with Crippen LogP contribution in [0.4, 0.5) is 4.79 Å². The molecule has 0 aromatic heterocycles. The summed E-state index contributed by atoms with van der Waals surface area (Å²) in [4.78, 5) is 26.5. The topological polar surface area (TPSA) is 61.4 Å². The van der Waals surface area contributed by atoms with Gasteiger partial charge < -0.3 is 15.5 Å². The number of nitrogens with zero attached hydrogens (tertiary/aromatic N) is 1. The molecule has 5 nitrogen and oxygen atoms in total. The van der Waals surface area contributed by atoms with Gasteiger partial charge in [-0.2, -0.15) is 0 Å². The minimum Gasteiger partial charge on any atom is -0.333 e. The predicted molar refractivity (Wildman–Crippen MR) is 91.6 cm³/mol. The lowest BCUT2D eigenvalue weighted by atomic mass is 9.96. The van der Waals surface area contributed by atoms with E-state index in [1.165, 1.54) is 0 Å². The maximum Gasteiger partial charge on any atom is 0.319 e. The summed E-state index contributed by atoms with van der Waals surface area (Å²) in [6.07, 6.45) is 0.955. The van der Waals surface area contributed by atoms with Crippen LogP contribution in [-0.4, -0.2) is 29.9 Å². The Morgan fingerprint density at radius 3 is 2.61 bits per heavy atom. The van der Waals surface area contributed by atoms with Gasteiger partial charge in [0.25, 0.3) is 5.91 Å². The average Bonchev–Trinajstić information content (AvgIpc) is 2.81. The summed E-state index contributed by atoms with van der Waals surface area (Å²) in [5.74, 6) is 0.552. The van der Waals surface area contributed by atoms with Gasteiger partial charge in [0.15, 0.2) is 0 Å². The van der Waals surface area contributed by atoms with E-state index >= 15 is 0 Å². The van der Waals surface area contributed by atoms with Gasteiger partial charge in [0.2, 0.25) is 0 Å². The maximum atomic E-state index is 12.8. The van der Waals surface area contributed by atoms with E-state index < -0.39 is 0 Å². The van der Waals surface area contributed by atoms with Crippen LogP contribution in [0.15, 0.2) is 40.0 Å². The van der Waals surface area contributed by atoms with Crippen molar-refractivity contribution in [1.82, 2.24) is 15.5 Å². The summed E-state index contributed by atoms with van der Waals surface area (Å²) in [6, 6.07) is 7.04. The molecule has 0 aliphatic carbocycles. The van der Waals surface area contributed by atoms with E-state index in [2.05, 4.69) is 40.4 Å². The van der Waals surface area contributed by atoms with E-state index in [0.717, 1.165) is 22.2 Å². The second kappa shape index (κ2) is 6.35. The molecule has 0 saturated heterocycles. The number of benzene rings is 1. The third kappa shape index (κ3) is 3.27. The Labute approximate surface area is 144 Å². The molecule has 2 heterocycles. The number of hydrogen-bond acceptors (Lipinski definition) is 2. The summed E-state index contributed by atoms with van der Waals surface area (Å²) >= 11 is 3.41. The van der Waals surface area contributed by atoms with Crippen LogP contribution in [0.1, 0.15) is 31.9 Å². The molecule has 0 spiro atoms. The highest BCUT2D eigenvalue weighted by molar-refractivity contribution is 9.10. The lowest BCUT2D eigenvalue weighted by Crippen LogP contribution is -2.44. The van der Waals surface area contributed by atoms with Crippen molar-refractivity contribution in [3.8, 4) is 0 Å². The van der Waals surface area contributed by atoms with Crippen LogP contribution in [-0.2, 0) is 4.79 Å². The van der Waals surface area contributed by atoms with Gasteiger partial charge in [-0.15, -0.1) is 0 Å². The molecule has 0 saturated carbocycles. The molecule has 1 atom stereocenters. The van der Waals surface area contributed by atoms with E-state index in [0.29, 0.717) is 24.6 Å². The zero-order valence-corrected chi connectivity index (χ0v) is 14.8. The van der Waals surface area contributed by atoms with Crippen LogP contribution < -0.4 is 10.6 Å². The number of amides is 3. The lowest BCUT2D eigenvalue weighted by molar-refractivity contribution is -0.125. The molecule has 0 fully saturated rings. The number of halogens is 1. The van der Waals surface area contributed by atoms with Gasteiger partial charge in [0.05, 0.1) is 23.9 Å². The summed E-state index contributed by atoms with van der Waals surface area (Å²) in [6.45, 7) is 5.48. The first kappa shape index (κ1) is 16.1. The van der Waals surface area contributed by atoms with Crippen LogP contribution in [0.25, 0.3) is 0 Å². The van der Waals surface area contributed by atoms with Crippen molar-refractivity contribution in [3.63, 3.8) is 0 Å². The molecule has 1 unspecified atom stereocenters. The van der Waals surface area contributed by atoms with Crippen molar-refractivity contribution in [2.75, 3.05) is 13.1 Å². The number of hydrogen-bond donors (Lipinski definition) is 2. The fourth-order valence-corrected chi connectivity index (χ4v) is 3.19. The molecule has 3 rings (SSSR count). The highest BCUT2D eigenvalue weighted by atomic mass is 79.9. The molecular formula is C17H20BrN3O2. The minimum absolute atomic E-state index is 0.0149. The molecule has 1 aromatic rings. The molecule has 23 heavy (non-hydrogen) atoms. The first-order chi connectivity index (χ1) is 11.0. The molecule has 2 aliphatic rings. The van der Waals surface area contributed by atoms with Gasteiger partial charge in [-0.25, -0.2) is 4.79 Å². The molecule has 0 radical (unpaired) electrons. The quantitative estimate of drug-likeness (QED) is 0.847. The number of carbonyl (C=O) groups excluding carboxylic acids is 2. The van der Waals surface area contributed by atoms with Gasteiger partial charge in [-0.05, 0) is 30.0 Å². The number of urea groups is 1. The van der Waals surface area contributed by atoms with Crippen molar-refractivity contribution in [3.05, 3.63) is 45.6 Å². The zero-order valence-electron chi connectivity index (χ0n) is 13.2. The van der Waals surface area contributed by atoms with E-state index in [4.69, 9.17) is 0 Å². The Hall–Kier alpha value is -1.82. The Morgan fingerprint density at radius 2 is 1.96 bits per heavy atom. The predicted octanol–water partition coefficient (Wildman–Crippen LogP) is 2.95. The van der Waals surface area contributed by atoms with Gasteiger partial charge in [-0.3, -0.25) is 4.79 Å².